The molecule has 16 heavy (non-hydrogen) atoms. The summed E-state index contributed by atoms with van der Waals surface area (Å²) < 4.78 is 5.17. The van der Waals surface area contributed by atoms with Crippen LogP contribution in [0.2, 0.25) is 0 Å². The van der Waals surface area contributed by atoms with Crippen LogP contribution in [0.15, 0.2) is 35.9 Å². The normalized spacial score (nSPS) is 14.7. The lowest BCUT2D eigenvalue weighted by Crippen LogP contribution is -2.19. The van der Waals surface area contributed by atoms with Crippen molar-refractivity contribution in [3.63, 3.8) is 0 Å². The highest BCUT2D eigenvalue weighted by Crippen LogP contribution is 2.21. The van der Waals surface area contributed by atoms with Crippen molar-refractivity contribution in [2.24, 2.45) is 0 Å². The second-order valence-corrected chi connectivity index (χ2v) is 3.55. The Kier molecular flexibility index (Phi) is 2.97. The Hall–Kier alpha value is -1.74. The van der Waals surface area contributed by atoms with Gasteiger partial charge in [-0.1, -0.05) is 24.3 Å². The number of hydrogen-bond acceptors (Lipinski definition) is 3. The van der Waals surface area contributed by atoms with E-state index in [1.807, 2.05) is 6.92 Å². The number of rotatable bonds is 3. The van der Waals surface area contributed by atoms with Crippen LogP contribution in [0.5, 0.6) is 0 Å². The zero-order chi connectivity index (χ0) is 11.5. The predicted molar refractivity (Wildman–Crippen MR) is 59.7 cm³/mol. The topological polar surface area (TPSA) is 43.4 Å². The Morgan fingerprint density at radius 2 is 1.81 bits per heavy atom. The van der Waals surface area contributed by atoms with E-state index in [9.17, 15) is 9.59 Å². The molecule has 0 heterocycles. The first-order valence-electron chi connectivity index (χ1n) is 5.20. The number of ether oxygens (including phenoxy) is 1. The molecule has 1 aliphatic carbocycles. The molecule has 0 saturated carbocycles. The molecule has 0 N–H and O–H groups in total. The monoisotopic (exact) mass is 216 g/mol. The fraction of sp³-hybridized carbons (Fsp3) is 0.231. The van der Waals surface area contributed by atoms with E-state index in [0.29, 0.717) is 23.3 Å². The van der Waals surface area contributed by atoms with Gasteiger partial charge in [-0.2, -0.15) is 0 Å². The summed E-state index contributed by atoms with van der Waals surface area (Å²) in [5.74, 6) is -0.228. The van der Waals surface area contributed by atoms with E-state index in [1.54, 1.807) is 24.3 Å². The van der Waals surface area contributed by atoms with Gasteiger partial charge < -0.3 is 4.74 Å². The number of carbonyl (C=O) groups excluding carboxylic acids is 2. The first-order valence-corrected chi connectivity index (χ1v) is 5.20. The van der Waals surface area contributed by atoms with Gasteiger partial charge in [0.2, 0.25) is 0 Å². The van der Waals surface area contributed by atoms with E-state index >= 15 is 0 Å². The molecule has 3 nitrogen and oxygen atoms in total. The first kappa shape index (κ1) is 10.8. The first-order chi connectivity index (χ1) is 7.74. The summed E-state index contributed by atoms with van der Waals surface area (Å²) in [6.07, 6.45) is 1.38. The molecule has 0 atom stereocenters. The number of ketones is 2. The third-order valence-electron chi connectivity index (χ3n) is 2.50. The SMILES string of the molecule is CCOCC1=CC(=O)c2ccccc2C1=O. The fourth-order valence-electron chi connectivity index (χ4n) is 1.69. The Bertz CT molecular complexity index is 472. The molecule has 0 aromatic heterocycles. The van der Waals surface area contributed by atoms with Crippen LogP contribution in [0.1, 0.15) is 27.6 Å². The van der Waals surface area contributed by atoms with Gasteiger partial charge >= 0.3 is 0 Å². The highest BCUT2D eigenvalue weighted by molar-refractivity contribution is 6.24. The lowest BCUT2D eigenvalue weighted by Gasteiger charge is -2.14. The summed E-state index contributed by atoms with van der Waals surface area (Å²) in [5.41, 5.74) is 1.39. The average molecular weight is 216 g/mol. The van der Waals surface area contributed by atoms with Gasteiger partial charge in [-0.3, -0.25) is 9.59 Å². The number of fused-ring (bicyclic) bond motifs is 1. The van der Waals surface area contributed by atoms with Crippen LogP contribution in [-0.2, 0) is 4.74 Å². The van der Waals surface area contributed by atoms with Crippen LogP contribution in [0.4, 0.5) is 0 Å². The van der Waals surface area contributed by atoms with Crippen molar-refractivity contribution in [2.45, 2.75) is 6.92 Å². The van der Waals surface area contributed by atoms with Gasteiger partial charge in [0, 0.05) is 23.3 Å². The Morgan fingerprint density at radius 1 is 1.12 bits per heavy atom. The maximum absolute atomic E-state index is 12.0. The van der Waals surface area contributed by atoms with E-state index in [2.05, 4.69) is 0 Å². The van der Waals surface area contributed by atoms with E-state index in [-0.39, 0.29) is 18.2 Å². The van der Waals surface area contributed by atoms with Crippen LogP contribution in [0.25, 0.3) is 0 Å². The lowest BCUT2D eigenvalue weighted by molar-refractivity contribution is 0.0951. The van der Waals surface area contributed by atoms with Crippen molar-refractivity contribution in [3.8, 4) is 0 Å². The summed E-state index contributed by atoms with van der Waals surface area (Å²) in [6, 6.07) is 6.86. The number of benzene rings is 1. The van der Waals surface area contributed by atoms with Crippen molar-refractivity contribution in [1.82, 2.24) is 0 Å². The molecule has 0 amide bonds. The van der Waals surface area contributed by atoms with E-state index in [4.69, 9.17) is 4.74 Å². The molecule has 0 spiro atoms. The summed E-state index contributed by atoms with van der Waals surface area (Å²) in [7, 11) is 0. The second kappa shape index (κ2) is 4.41. The molecular weight excluding hydrogens is 204 g/mol. The molecule has 3 heteroatoms. The Labute approximate surface area is 93.7 Å². The molecular formula is C13H12O3. The highest BCUT2D eigenvalue weighted by Gasteiger charge is 2.24. The maximum atomic E-state index is 12.0. The highest BCUT2D eigenvalue weighted by atomic mass is 16.5. The molecule has 1 aromatic carbocycles. The fourth-order valence-corrected chi connectivity index (χ4v) is 1.69. The summed E-state index contributed by atoms with van der Waals surface area (Å²) in [6.45, 7) is 2.58. The van der Waals surface area contributed by atoms with Crippen molar-refractivity contribution >= 4 is 11.6 Å². The van der Waals surface area contributed by atoms with Crippen LogP contribution < -0.4 is 0 Å². The Balaban J connectivity index is 2.36. The summed E-state index contributed by atoms with van der Waals surface area (Å²) >= 11 is 0. The molecule has 0 saturated heterocycles. The van der Waals surface area contributed by atoms with E-state index in [0.717, 1.165) is 0 Å². The lowest BCUT2D eigenvalue weighted by atomic mass is 9.90. The van der Waals surface area contributed by atoms with Gasteiger partial charge in [-0.25, -0.2) is 0 Å². The zero-order valence-corrected chi connectivity index (χ0v) is 9.03. The van der Waals surface area contributed by atoms with Crippen molar-refractivity contribution in [1.29, 1.82) is 0 Å². The second-order valence-electron chi connectivity index (χ2n) is 3.55. The van der Waals surface area contributed by atoms with E-state index in [1.165, 1.54) is 6.08 Å². The average Bonchev–Trinajstić information content (AvgIpc) is 2.32. The smallest absolute Gasteiger partial charge is 0.192 e. The number of hydrogen-bond donors (Lipinski definition) is 0. The van der Waals surface area contributed by atoms with Gasteiger partial charge in [0.1, 0.15) is 0 Å². The zero-order valence-electron chi connectivity index (χ0n) is 9.03. The van der Waals surface area contributed by atoms with Gasteiger partial charge in [-0.15, -0.1) is 0 Å². The maximum Gasteiger partial charge on any atom is 0.192 e. The van der Waals surface area contributed by atoms with Crippen molar-refractivity contribution in [2.75, 3.05) is 13.2 Å². The minimum absolute atomic E-state index is 0.108. The van der Waals surface area contributed by atoms with Crippen LogP contribution >= 0.6 is 0 Å². The van der Waals surface area contributed by atoms with Gasteiger partial charge in [-0.05, 0) is 13.0 Å². The predicted octanol–water partition coefficient (Wildman–Crippen LogP) is 2.03. The quantitative estimate of drug-likeness (QED) is 0.776. The van der Waals surface area contributed by atoms with Gasteiger partial charge in [0.15, 0.2) is 11.6 Å². The Morgan fingerprint density at radius 3 is 2.50 bits per heavy atom. The molecule has 0 radical (unpaired) electrons. The molecule has 1 aromatic rings. The molecule has 82 valence electrons. The molecule has 0 unspecified atom stereocenters. The molecule has 0 aliphatic heterocycles. The molecule has 2 rings (SSSR count). The number of Topliss-reactive ketones (excluding diaryl/α,β-unsaturated/α-hetero) is 1. The summed E-state index contributed by atoms with van der Waals surface area (Å²) in [5, 5.41) is 0. The van der Waals surface area contributed by atoms with Crippen LogP contribution in [0, 0.1) is 0 Å². The summed E-state index contributed by atoms with van der Waals surface area (Å²) in [4.78, 5) is 23.7. The van der Waals surface area contributed by atoms with Crippen LogP contribution in [0.3, 0.4) is 0 Å². The van der Waals surface area contributed by atoms with Crippen molar-refractivity contribution in [3.05, 3.63) is 47.0 Å². The van der Waals surface area contributed by atoms with Crippen LogP contribution in [-0.4, -0.2) is 24.8 Å². The number of allylic oxidation sites excluding steroid dienone is 1. The molecule has 0 bridgehead atoms. The standard InChI is InChI=1S/C13H12O3/c1-2-16-8-9-7-12(14)10-5-3-4-6-11(10)13(9)15/h3-7H,2,8H2,1H3. The van der Waals surface area contributed by atoms with Crippen molar-refractivity contribution < 1.29 is 14.3 Å². The molecule has 1 aliphatic rings. The minimum Gasteiger partial charge on any atom is -0.377 e. The van der Waals surface area contributed by atoms with E-state index < -0.39 is 0 Å². The third-order valence-corrected chi connectivity index (χ3v) is 2.50. The van der Waals surface area contributed by atoms with Gasteiger partial charge in [0.05, 0.1) is 6.61 Å². The van der Waals surface area contributed by atoms with Gasteiger partial charge in [0.25, 0.3) is 0 Å². The largest absolute Gasteiger partial charge is 0.377 e. The number of carbonyl (C=O) groups is 2. The minimum atomic E-state index is -0.120. The molecule has 0 fully saturated rings. The third kappa shape index (κ3) is 1.82.